The first-order valence-corrected chi connectivity index (χ1v) is 9.80. The molecular formula is C21H32N2O3. The first-order chi connectivity index (χ1) is 12.1. The number of pyridine rings is 1. The molecule has 3 rings (SSSR count). The minimum absolute atomic E-state index is 0.0244. The van der Waals surface area contributed by atoms with Gasteiger partial charge in [-0.2, -0.15) is 0 Å². The number of aliphatic carboxylic acids is 1. The number of hydrogen-bond acceptors (Lipinski definition) is 4. The summed E-state index contributed by atoms with van der Waals surface area (Å²) in [5, 5.41) is 20.6. The highest BCUT2D eigenvalue weighted by molar-refractivity contribution is 5.78. The first kappa shape index (κ1) is 19.3. The number of rotatable bonds is 8. The zero-order valence-corrected chi connectivity index (χ0v) is 16.2. The molecule has 2 unspecified atom stereocenters. The van der Waals surface area contributed by atoms with Crippen LogP contribution < -0.4 is 5.73 Å². The monoisotopic (exact) mass is 360 g/mol. The van der Waals surface area contributed by atoms with Crippen LogP contribution >= 0.6 is 0 Å². The van der Waals surface area contributed by atoms with Crippen LogP contribution in [0.1, 0.15) is 63.3 Å². The van der Waals surface area contributed by atoms with Gasteiger partial charge >= 0.3 is 5.97 Å². The largest absolute Gasteiger partial charge is 0.479 e. The summed E-state index contributed by atoms with van der Waals surface area (Å²) < 4.78 is 0. The van der Waals surface area contributed by atoms with Gasteiger partial charge < -0.3 is 15.9 Å². The zero-order valence-electron chi connectivity index (χ0n) is 16.2. The van der Waals surface area contributed by atoms with E-state index >= 15 is 0 Å². The van der Waals surface area contributed by atoms with E-state index in [4.69, 9.17) is 5.73 Å². The number of nitrogens with two attached hydrogens (primary N) is 1. The molecule has 0 bridgehead atoms. The second-order valence-corrected chi connectivity index (χ2v) is 9.33. The summed E-state index contributed by atoms with van der Waals surface area (Å²) in [6.07, 6.45) is 7.99. The van der Waals surface area contributed by atoms with Crippen molar-refractivity contribution in [3.05, 3.63) is 29.1 Å². The second-order valence-electron chi connectivity index (χ2n) is 9.33. The third-order valence-corrected chi connectivity index (χ3v) is 6.27. The fourth-order valence-electron chi connectivity index (χ4n) is 4.43. The summed E-state index contributed by atoms with van der Waals surface area (Å²) in [6.45, 7) is 6.30. The molecule has 1 aromatic rings. The van der Waals surface area contributed by atoms with Crippen LogP contribution in [0.5, 0.6) is 0 Å². The molecule has 3 atom stereocenters. The van der Waals surface area contributed by atoms with E-state index in [0.717, 1.165) is 18.4 Å². The van der Waals surface area contributed by atoms with Crippen molar-refractivity contribution in [2.45, 2.75) is 77.4 Å². The molecule has 0 saturated heterocycles. The Morgan fingerprint density at radius 2 is 2.12 bits per heavy atom. The van der Waals surface area contributed by atoms with Gasteiger partial charge in [-0.05, 0) is 73.0 Å². The van der Waals surface area contributed by atoms with Gasteiger partial charge in [0.25, 0.3) is 0 Å². The van der Waals surface area contributed by atoms with Crippen molar-refractivity contribution in [1.29, 1.82) is 0 Å². The van der Waals surface area contributed by atoms with E-state index < -0.39 is 17.6 Å². The van der Waals surface area contributed by atoms with Crippen LogP contribution in [0.2, 0.25) is 0 Å². The molecule has 1 fully saturated rings. The molecule has 0 aliphatic heterocycles. The Morgan fingerprint density at radius 3 is 2.69 bits per heavy atom. The topological polar surface area (TPSA) is 96.4 Å². The number of aliphatic hydroxyl groups is 1. The minimum atomic E-state index is -1.98. The van der Waals surface area contributed by atoms with E-state index in [9.17, 15) is 15.0 Å². The van der Waals surface area contributed by atoms with Crippen molar-refractivity contribution in [2.75, 3.05) is 0 Å². The molecule has 26 heavy (non-hydrogen) atoms. The fraction of sp³-hybridized carbons (Fsp3) is 0.714. The van der Waals surface area contributed by atoms with Crippen LogP contribution in [-0.2, 0) is 24.1 Å². The van der Waals surface area contributed by atoms with E-state index in [0.29, 0.717) is 23.4 Å². The SMILES string of the molecule is CC(C)CC(N)[C@](O)(Cc1nccc2c1CC(CC1(C)CC1)C2)C(=O)O. The summed E-state index contributed by atoms with van der Waals surface area (Å²) in [5.41, 5.74) is 7.73. The predicted octanol–water partition coefficient (Wildman–Crippen LogP) is 2.72. The van der Waals surface area contributed by atoms with Crippen LogP contribution in [0.3, 0.4) is 0 Å². The van der Waals surface area contributed by atoms with E-state index in [-0.39, 0.29) is 12.3 Å². The van der Waals surface area contributed by atoms with Gasteiger partial charge in [0, 0.05) is 24.4 Å². The molecular weight excluding hydrogens is 328 g/mol. The van der Waals surface area contributed by atoms with Gasteiger partial charge in [-0.3, -0.25) is 4.98 Å². The number of carbonyl (C=O) groups is 1. The predicted molar refractivity (Wildman–Crippen MR) is 101 cm³/mol. The quantitative estimate of drug-likeness (QED) is 0.662. The average Bonchev–Trinajstić information content (AvgIpc) is 3.11. The van der Waals surface area contributed by atoms with Crippen LogP contribution in [0.15, 0.2) is 12.3 Å². The van der Waals surface area contributed by atoms with Gasteiger partial charge in [0.05, 0.1) is 0 Å². The van der Waals surface area contributed by atoms with Gasteiger partial charge in [-0.25, -0.2) is 4.79 Å². The second kappa shape index (κ2) is 6.93. The van der Waals surface area contributed by atoms with E-state index in [1.807, 2.05) is 19.9 Å². The maximum Gasteiger partial charge on any atom is 0.337 e. The van der Waals surface area contributed by atoms with Crippen molar-refractivity contribution >= 4 is 5.97 Å². The van der Waals surface area contributed by atoms with Crippen molar-refractivity contribution in [1.82, 2.24) is 4.98 Å². The third kappa shape index (κ3) is 3.94. The lowest BCUT2D eigenvalue weighted by molar-refractivity contribution is -0.161. The molecule has 0 aromatic carbocycles. The van der Waals surface area contributed by atoms with Gasteiger partial charge in [-0.15, -0.1) is 0 Å². The lowest BCUT2D eigenvalue weighted by Gasteiger charge is -2.31. The molecule has 1 heterocycles. The Kier molecular flexibility index (Phi) is 5.15. The molecule has 0 radical (unpaired) electrons. The number of carboxylic acids is 1. The van der Waals surface area contributed by atoms with Crippen LogP contribution in [0, 0.1) is 17.3 Å². The Bertz CT molecular complexity index is 684. The number of hydrogen-bond donors (Lipinski definition) is 3. The zero-order chi connectivity index (χ0) is 19.1. The van der Waals surface area contributed by atoms with Crippen LogP contribution in [-0.4, -0.2) is 32.8 Å². The smallest absolute Gasteiger partial charge is 0.337 e. The van der Waals surface area contributed by atoms with Crippen LogP contribution in [0.25, 0.3) is 0 Å². The Balaban J connectivity index is 1.80. The van der Waals surface area contributed by atoms with Gasteiger partial charge in [0.1, 0.15) is 0 Å². The molecule has 2 aliphatic carbocycles. The Labute approximate surface area is 156 Å². The lowest BCUT2D eigenvalue weighted by Crippen LogP contribution is -2.56. The standard InChI is InChI=1S/C21H32N2O3/c1-13(2)8-18(22)21(26,19(24)25)12-17-16-10-14(11-20(3)5-6-20)9-15(16)4-7-23-17/h4,7,13-14,18,26H,5-6,8-12,22H2,1-3H3,(H,24,25)/t14?,18?,21-/m1/s1. The first-order valence-electron chi connectivity index (χ1n) is 9.80. The van der Waals surface area contributed by atoms with Crippen molar-refractivity contribution in [3.8, 4) is 0 Å². The van der Waals surface area contributed by atoms with Crippen molar-refractivity contribution in [3.63, 3.8) is 0 Å². The maximum atomic E-state index is 11.9. The highest BCUT2D eigenvalue weighted by Gasteiger charge is 2.45. The van der Waals surface area contributed by atoms with Crippen molar-refractivity contribution in [2.24, 2.45) is 23.0 Å². The number of nitrogens with zero attached hydrogens (tertiary/aromatic N) is 1. The summed E-state index contributed by atoms with van der Waals surface area (Å²) in [7, 11) is 0. The summed E-state index contributed by atoms with van der Waals surface area (Å²) in [6, 6.07) is 1.22. The van der Waals surface area contributed by atoms with E-state index in [1.165, 1.54) is 24.8 Å². The van der Waals surface area contributed by atoms with Gasteiger partial charge in [0.15, 0.2) is 5.60 Å². The van der Waals surface area contributed by atoms with E-state index in [1.54, 1.807) is 6.20 Å². The highest BCUT2D eigenvalue weighted by atomic mass is 16.4. The highest BCUT2D eigenvalue weighted by Crippen LogP contribution is 2.52. The Morgan fingerprint density at radius 1 is 1.42 bits per heavy atom. The summed E-state index contributed by atoms with van der Waals surface area (Å²) in [5.74, 6) is -0.443. The lowest BCUT2D eigenvalue weighted by atomic mass is 9.83. The normalized spacial score (nSPS) is 24.2. The summed E-state index contributed by atoms with van der Waals surface area (Å²) >= 11 is 0. The molecule has 0 spiro atoms. The average molecular weight is 360 g/mol. The molecule has 1 saturated carbocycles. The van der Waals surface area contributed by atoms with Crippen LogP contribution in [0.4, 0.5) is 0 Å². The van der Waals surface area contributed by atoms with Crippen molar-refractivity contribution < 1.29 is 15.0 Å². The molecule has 2 aliphatic rings. The Hall–Kier alpha value is -1.46. The molecule has 144 valence electrons. The molecule has 1 aromatic heterocycles. The third-order valence-electron chi connectivity index (χ3n) is 6.27. The molecule has 4 N–H and O–H groups in total. The number of aromatic nitrogens is 1. The molecule has 5 heteroatoms. The molecule has 0 amide bonds. The maximum absolute atomic E-state index is 11.9. The number of fused-ring (bicyclic) bond motifs is 1. The summed E-state index contributed by atoms with van der Waals surface area (Å²) in [4.78, 5) is 16.3. The number of carboxylic acid groups (broad SMARTS) is 1. The minimum Gasteiger partial charge on any atom is -0.479 e. The van der Waals surface area contributed by atoms with Gasteiger partial charge in [-0.1, -0.05) is 20.8 Å². The fourth-order valence-corrected chi connectivity index (χ4v) is 4.43. The molecule has 5 nitrogen and oxygen atoms in total. The van der Waals surface area contributed by atoms with Gasteiger partial charge in [0.2, 0.25) is 0 Å². The van der Waals surface area contributed by atoms with E-state index in [2.05, 4.69) is 11.9 Å².